The monoisotopic (exact) mass is 1340 g/mol. The zero-order valence-electron chi connectivity index (χ0n) is 55.9. The Morgan fingerprint density at radius 2 is 1.17 bits per heavy atom. The lowest BCUT2D eigenvalue weighted by Gasteiger charge is -2.43. The van der Waals surface area contributed by atoms with Crippen LogP contribution in [0.25, 0.3) is 0 Å². The highest BCUT2D eigenvalue weighted by Crippen LogP contribution is 2.36. The number of nitrogens with zero attached hydrogens (tertiary/aromatic N) is 7. The minimum atomic E-state index is -4.81. The number of carbonyl (C=O) groups excluding carboxylic acids is 11. The van der Waals surface area contributed by atoms with Crippen LogP contribution in [0.15, 0.2) is 42.5 Å². The first-order valence-corrected chi connectivity index (χ1v) is 31.4. The van der Waals surface area contributed by atoms with E-state index in [-0.39, 0.29) is 68.0 Å². The van der Waals surface area contributed by atoms with Crippen molar-refractivity contribution in [1.29, 1.82) is 0 Å². The van der Waals surface area contributed by atoms with Gasteiger partial charge in [-0.3, -0.25) is 52.7 Å². The third-order valence-corrected chi connectivity index (χ3v) is 17.9. The highest BCUT2D eigenvalue weighted by atomic mass is 35.5. The van der Waals surface area contributed by atoms with Crippen molar-refractivity contribution in [3.05, 3.63) is 69.7 Å². The summed E-state index contributed by atoms with van der Waals surface area (Å²) in [5.41, 5.74) is -3.53. The molecule has 518 valence electrons. The normalized spacial score (nSPS) is 24.8. The highest BCUT2D eigenvalue weighted by molar-refractivity contribution is 6.31. The summed E-state index contributed by atoms with van der Waals surface area (Å²) in [4.78, 5) is 166. The van der Waals surface area contributed by atoms with Gasteiger partial charge in [0.2, 0.25) is 65.0 Å². The van der Waals surface area contributed by atoms with Gasteiger partial charge in [0.05, 0.1) is 29.2 Å². The van der Waals surface area contributed by atoms with Crippen LogP contribution in [0.3, 0.4) is 0 Å². The Balaban J connectivity index is 1.84. The number of aryl methyl sites for hydroxylation is 1. The smallest absolute Gasteiger partial charge is 0.343 e. The standard InChI is InChI=1S/C64H92ClF6N11O11/c1-17-37(6)53-60(92)77(12)34-52(85)82-27-26-48(82)59(91)80(15)49(32-41-18-22-42(23-19-41)63(66,67)68)58(90)76(11)33-50(83)72-45(25-21-40-20-24-43(44(65)31-40)64(69,70)71)55(87)73-47(29-36(4)5)57(89)81(16)62(9,10)61(93)74-46(28-35(2)3)56(88)78(13)38(7)30-51(84)79(14)39(8)54(86)75-53/h18-20,22-24,31,35-39,45-49,53H,17,21,25-30,32-34H2,1-16H3,(H,72,83)(H,73,87)(H,74,93)(H,75,86)/t37-,38+,39-,45-,46-,47-,48-,49-,53-/m0/s1. The summed E-state index contributed by atoms with van der Waals surface area (Å²) in [6.45, 7) is 15.1. The predicted octanol–water partition coefficient (Wildman–Crippen LogP) is 5.31. The molecular formula is C64H92ClF6N11O11. The molecule has 4 N–H and O–H groups in total. The first-order valence-electron chi connectivity index (χ1n) is 31.0. The lowest BCUT2D eigenvalue weighted by molar-refractivity contribution is -0.157. The Hall–Kier alpha value is -7.52. The third kappa shape index (κ3) is 20.5. The number of benzene rings is 2. The number of fused-ring (bicyclic) bond motifs is 1. The van der Waals surface area contributed by atoms with Crippen LogP contribution in [0.5, 0.6) is 0 Å². The SMILES string of the molecule is CC[C@H](C)[C@@H]1NC(=O)[C@H](C)N(C)C(=O)C[C@@H](C)N(C)C(=O)[C@H](CC(C)C)NC(=O)C(C)(C)N(C)C(=O)[C@H](CC(C)C)NC(=O)[C@H](CCc2ccc(C(F)(F)F)c(Cl)c2)NC(=O)CN(C)C(=O)[C@H](Cc2ccc(C(F)(F)F)cc2)N(C)C(=O)[C@@H]2CCN2C(=O)CN(C)C1=O. The maximum absolute atomic E-state index is 14.8. The van der Waals surface area contributed by atoms with Crippen LogP contribution in [0.4, 0.5) is 26.3 Å². The molecule has 0 unspecified atom stereocenters. The van der Waals surface area contributed by atoms with Crippen LogP contribution >= 0.6 is 11.6 Å². The molecule has 0 saturated carbocycles. The second-order valence-corrected chi connectivity index (χ2v) is 26.4. The summed E-state index contributed by atoms with van der Waals surface area (Å²) in [7, 11) is 7.88. The van der Waals surface area contributed by atoms with Crippen molar-refractivity contribution in [2.45, 2.75) is 187 Å². The molecule has 0 spiro atoms. The second kappa shape index (κ2) is 32.6. The summed E-state index contributed by atoms with van der Waals surface area (Å²) in [5.74, 6) is -9.48. The molecule has 2 fully saturated rings. The third-order valence-electron chi connectivity index (χ3n) is 17.6. The van der Waals surface area contributed by atoms with Gasteiger partial charge in [0, 0.05) is 67.7 Å². The number of nitrogens with one attached hydrogen (secondary N) is 4. The Morgan fingerprint density at radius 3 is 1.69 bits per heavy atom. The number of alkyl halides is 6. The zero-order chi connectivity index (χ0) is 70.7. The molecule has 11 amide bonds. The van der Waals surface area contributed by atoms with E-state index < -0.39 is 173 Å². The van der Waals surface area contributed by atoms with Crippen molar-refractivity contribution in [2.24, 2.45) is 17.8 Å². The fourth-order valence-electron chi connectivity index (χ4n) is 10.7. The van der Waals surface area contributed by atoms with Crippen molar-refractivity contribution in [2.75, 3.05) is 61.9 Å². The van der Waals surface area contributed by atoms with Crippen LogP contribution in [-0.2, 0) is 77.9 Å². The molecule has 2 aromatic carbocycles. The number of halogens is 7. The van der Waals surface area contributed by atoms with Crippen LogP contribution in [0.1, 0.15) is 130 Å². The van der Waals surface area contributed by atoms with E-state index >= 15 is 0 Å². The number of carbonyl (C=O) groups is 11. The van der Waals surface area contributed by atoms with Gasteiger partial charge in [-0.15, -0.1) is 0 Å². The summed E-state index contributed by atoms with van der Waals surface area (Å²) in [6.07, 6.45) is -10.2. The van der Waals surface area contributed by atoms with Gasteiger partial charge in [0.25, 0.3) is 0 Å². The molecule has 9 atom stereocenters. The summed E-state index contributed by atoms with van der Waals surface area (Å²) in [6, 6.07) is -3.45. The van der Waals surface area contributed by atoms with Crippen LogP contribution in [0.2, 0.25) is 5.02 Å². The summed E-state index contributed by atoms with van der Waals surface area (Å²) >= 11 is 6.06. The number of amides is 11. The fourth-order valence-corrected chi connectivity index (χ4v) is 11.0. The lowest BCUT2D eigenvalue weighted by Crippen LogP contribution is -2.63. The van der Waals surface area contributed by atoms with E-state index in [4.69, 9.17) is 11.6 Å². The number of hydrogen-bond donors (Lipinski definition) is 4. The number of hydrogen-bond acceptors (Lipinski definition) is 11. The van der Waals surface area contributed by atoms with Gasteiger partial charge in [-0.25, -0.2) is 0 Å². The van der Waals surface area contributed by atoms with E-state index in [1.54, 1.807) is 34.6 Å². The average Bonchev–Trinajstić information content (AvgIpc) is 0.808. The van der Waals surface area contributed by atoms with Crippen LogP contribution in [0, 0.1) is 17.8 Å². The van der Waals surface area contributed by atoms with Crippen molar-refractivity contribution >= 4 is 76.6 Å². The second-order valence-electron chi connectivity index (χ2n) is 26.0. The number of likely N-dealkylation sites (N-methyl/N-ethyl adjacent to an activating group) is 6. The molecule has 22 nitrogen and oxygen atoms in total. The van der Waals surface area contributed by atoms with Crippen molar-refractivity contribution < 1.29 is 79.1 Å². The van der Waals surface area contributed by atoms with Crippen LogP contribution in [-0.4, -0.2) is 215 Å². The van der Waals surface area contributed by atoms with Gasteiger partial charge in [-0.05, 0) is 113 Å². The molecule has 0 radical (unpaired) electrons. The molecule has 0 aromatic heterocycles. The number of rotatable bonds is 11. The largest absolute Gasteiger partial charge is 0.417 e. The van der Waals surface area contributed by atoms with E-state index in [1.807, 2.05) is 13.8 Å². The van der Waals surface area contributed by atoms with Crippen LogP contribution < -0.4 is 21.3 Å². The Kier molecular flexibility index (Phi) is 27.3. The van der Waals surface area contributed by atoms with Gasteiger partial charge < -0.3 is 55.6 Å². The molecule has 4 rings (SSSR count). The van der Waals surface area contributed by atoms with E-state index in [0.29, 0.717) is 6.42 Å². The Bertz CT molecular complexity index is 3060. The minimum Gasteiger partial charge on any atom is -0.343 e. The molecule has 2 saturated heterocycles. The van der Waals surface area contributed by atoms with Gasteiger partial charge in [-0.1, -0.05) is 77.8 Å². The average molecular weight is 1340 g/mol. The first-order chi connectivity index (χ1) is 42.9. The van der Waals surface area contributed by atoms with E-state index in [9.17, 15) is 79.1 Å². The molecule has 29 heteroatoms. The lowest BCUT2D eigenvalue weighted by atomic mass is 9.95. The van der Waals surface area contributed by atoms with Gasteiger partial charge in [0.1, 0.15) is 47.8 Å². The van der Waals surface area contributed by atoms with Crippen molar-refractivity contribution in [3.8, 4) is 0 Å². The molecule has 2 aliphatic rings. The molecule has 93 heavy (non-hydrogen) atoms. The molecule has 0 bridgehead atoms. The van der Waals surface area contributed by atoms with E-state index in [1.165, 1.54) is 72.9 Å². The van der Waals surface area contributed by atoms with Crippen molar-refractivity contribution in [3.63, 3.8) is 0 Å². The maximum Gasteiger partial charge on any atom is 0.417 e. The van der Waals surface area contributed by atoms with Crippen molar-refractivity contribution in [1.82, 2.24) is 55.6 Å². The Labute approximate surface area is 545 Å². The molecule has 0 aliphatic carbocycles. The predicted molar refractivity (Wildman–Crippen MR) is 334 cm³/mol. The first kappa shape index (κ1) is 77.9. The topological polar surface area (TPSA) is 259 Å². The van der Waals surface area contributed by atoms with Gasteiger partial charge in [-0.2, -0.15) is 26.3 Å². The fraction of sp³-hybridized carbons (Fsp3) is 0.641. The molecule has 2 heterocycles. The summed E-state index contributed by atoms with van der Waals surface area (Å²) in [5, 5.41) is 10.1. The minimum absolute atomic E-state index is 0.0332. The van der Waals surface area contributed by atoms with Gasteiger partial charge in [0.15, 0.2) is 0 Å². The quantitative estimate of drug-likeness (QED) is 0.210. The molecule has 2 aliphatic heterocycles. The Morgan fingerprint density at radius 1 is 0.613 bits per heavy atom. The highest BCUT2D eigenvalue weighted by Gasteiger charge is 2.45. The van der Waals surface area contributed by atoms with E-state index in [0.717, 1.165) is 67.0 Å². The molecule has 2 aromatic rings. The molecular weight excluding hydrogens is 1250 g/mol. The summed E-state index contributed by atoms with van der Waals surface area (Å²) < 4.78 is 82.4. The zero-order valence-corrected chi connectivity index (χ0v) is 56.7. The van der Waals surface area contributed by atoms with E-state index in [2.05, 4.69) is 21.3 Å². The maximum atomic E-state index is 14.8. The van der Waals surface area contributed by atoms with Gasteiger partial charge >= 0.3 is 12.4 Å².